The number of rotatable bonds is 2. The molecule has 1 atom stereocenters. The Kier molecular flexibility index (Phi) is 3.92. The summed E-state index contributed by atoms with van der Waals surface area (Å²) in [6.07, 6.45) is 0.584. The molecule has 3 rings (SSSR count). The normalized spacial score (nSPS) is 16.8. The SMILES string of the molecule is O=C(Nc1ccc(Br)cc1F)C1CCOc2ccccc21. The van der Waals surface area contributed by atoms with Crippen LogP contribution in [-0.4, -0.2) is 12.5 Å². The van der Waals surface area contributed by atoms with Gasteiger partial charge >= 0.3 is 0 Å². The van der Waals surface area contributed by atoms with Gasteiger partial charge in [-0.2, -0.15) is 0 Å². The molecule has 1 amide bonds. The van der Waals surface area contributed by atoms with Gasteiger partial charge in [0.15, 0.2) is 0 Å². The molecule has 1 aliphatic rings. The molecule has 0 saturated carbocycles. The molecule has 0 fully saturated rings. The summed E-state index contributed by atoms with van der Waals surface area (Å²) in [6, 6.07) is 12.0. The smallest absolute Gasteiger partial charge is 0.232 e. The number of carbonyl (C=O) groups is 1. The highest BCUT2D eigenvalue weighted by Crippen LogP contribution is 2.34. The van der Waals surface area contributed by atoms with Crippen molar-refractivity contribution in [3.05, 3.63) is 58.3 Å². The maximum absolute atomic E-state index is 13.8. The van der Waals surface area contributed by atoms with Crippen LogP contribution in [0.2, 0.25) is 0 Å². The van der Waals surface area contributed by atoms with Gasteiger partial charge in [-0.3, -0.25) is 4.79 Å². The first kappa shape index (κ1) is 14.1. The first-order valence-corrected chi connectivity index (χ1v) is 7.42. The fraction of sp³-hybridized carbons (Fsp3) is 0.188. The summed E-state index contributed by atoms with van der Waals surface area (Å²) in [5.41, 5.74) is 1.03. The average Bonchev–Trinajstić information content (AvgIpc) is 2.49. The van der Waals surface area contributed by atoms with Crippen molar-refractivity contribution in [2.24, 2.45) is 0 Å². The highest BCUT2D eigenvalue weighted by Gasteiger charge is 2.27. The number of hydrogen-bond acceptors (Lipinski definition) is 2. The van der Waals surface area contributed by atoms with E-state index in [1.807, 2.05) is 24.3 Å². The molecule has 21 heavy (non-hydrogen) atoms. The van der Waals surface area contributed by atoms with Crippen LogP contribution in [0.4, 0.5) is 10.1 Å². The van der Waals surface area contributed by atoms with Gasteiger partial charge in [0.2, 0.25) is 5.91 Å². The van der Waals surface area contributed by atoms with E-state index in [2.05, 4.69) is 21.2 Å². The molecule has 0 aromatic heterocycles. The molecule has 1 heterocycles. The van der Waals surface area contributed by atoms with Crippen molar-refractivity contribution in [1.82, 2.24) is 0 Å². The zero-order valence-corrected chi connectivity index (χ0v) is 12.7. The summed E-state index contributed by atoms with van der Waals surface area (Å²) in [6.45, 7) is 0.484. The van der Waals surface area contributed by atoms with Crippen molar-refractivity contribution in [3.8, 4) is 5.75 Å². The van der Waals surface area contributed by atoms with Crippen molar-refractivity contribution in [2.75, 3.05) is 11.9 Å². The van der Waals surface area contributed by atoms with E-state index in [1.165, 1.54) is 6.07 Å². The van der Waals surface area contributed by atoms with Gasteiger partial charge in [0.05, 0.1) is 18.2 Å². The molecule has 5 heteroatoms. The fourth-order valence-electron chi connectivity index (χ4n) is 2.43. The molecule has 3 nitrogen and oxygen atoms in total. The summed E-state index contributed by atoms with van der Waals surface area (Å²) in [5.74, 6) is -0.275. The van der Waals surface area contributed by atoms with Crippen molar-refractivity contribution >= 4 is 27.5 Å². The van der Waals surface area contributed by atoms with Gasteiger partial charge in [0.1, 0.15) is 11.6 Å². The molecule has 2 aromatic rings. The zero-order chi connectivity index (χ0) is 14.8. The van der Waals surface area contributed by atoms with E-state index < -0.39 is 5.82 Å². The van der Waals surface area contributed by atoms with Crippen LogP contribution in [0.15, 0.2) is 46.9 Å². The van der Waals surface area contributed by atoms with E-state index in [-0.39, 0.29) is 17.5 Å². The number of halogens is 2. The van der Waals surface area contributed by atoms with Crippen LogP contribution in [0.3, 0.4) is 0 Å². The molecule has 0 radical (unpaired) electrons. The number of benzene rings is 2. The Morgan fingerprint density at radius 3 is 2.90 bits per heavy atom. The van der Waals surface area contributed by atoms with Gasteiger partial charge in [0.25, 0.3) is 0 Å². The van der Waals surface area contributed by atoms with Crippen LogP contribution in [0.5, 0.6) is 5.75 Å². The predicted octanol–water partition coefficient (Wildman–Crippen LogP) is 4.09. The third kappa shape index (κ3) is 2.93. The third-order valence-electron chi connectivity index (χ3n) is 3.46. The molecule has 2 aromatic carbocycles. The van der Waals surface area contributed by atoms with Crippen molar-refractivity contribution in [3.63, 3.8) is 0 Å². The number of carbonyl (C=O) groups excluding carboxylic acids is 1. The Morgan fingerprint density at radius 2 is 2.10 bits per heavy atom. The average molecular weight is 350 g/mol. The second-order valence-corrected chi connectivity index (χ2v) is 5.76. The Hall–Kier alpha value is -1.88. The molecular weight excluding hydrogens is 337 g/mol. The lowest BCUT2D eigenvalue weighted by Crippen LogP contribution is -2.26. The van der Waals surface area contributed by atoms with Crippen molar-refractivity contribution in [2.45, 2.75) is 12.3 Å². The van der Waals surface area contributed by atoms with Gasteiger partial charge in [-0.25, -0.2) is 4.39 Å². The molecule has 0 aliphatic carbocycles. The summed E-state index contributed by atoms with van der Waals surface area (Å²) < 4.78 is 20.0. The molecule has 1 aliphatic heterocycles. The molecule has 0 bridgehead atoms. The topological polar surface area (TPSA) is 38.3 Å². The number of para-hydroxylation sites is 1. The standard InChI is InChI=1S/C16H13BrFNO2/c17-10-5-6-14(13(18)9-10)19-16(20)12-7-8-21-15-4-2-1-3-11(12)15/h1-6,9,12H,7-8H2,(H,19,20). The van der Waals surface area contributed by atoms with Gasteiger partial charge in [-0.05, 0) is 30.7 Å². The lowest BCUT2D eigenvalue weighted by Gasteiger charge is -2.25. The van der Waals surface area contributed by atoms with Crippen LogP contribution in [-0.2, 0) is 4.79 Å². The number of nitrogens with one attached hydrogen (secondary N) is 1. The van der Waals surface area contributed by atoms with Gasteiger partial charge in [-0.1, -0.05) is 34.1 Å². The van der Waals surface area contributed by atoms with Crippen molar-refractivity contribution < 1.29 is 13.9 Å². The van der Waals surface area contributed by atoms with Crippen LogP contribution in [0, 0.1) is 5.82 Å². The number of hydrogen-bond donors (Lipinski definition) is 1. The number of anilines is 1. The van der Waals surface area contributed by atoms with Gasteiger partial charge < -0.3 is 10.1 Å². The van der Waals surface area contributed by atoms with E-state index in [0.29, 0.717) is 17.5 Å². The number of ether oxygens (including phenoxy) is 1. The Bertz CT molecular complexity index is 690. The van der Waals surface area contributed by atoms with E-state index in [0.717, 1.165) is 11.3 Å². The van der Waals surface area contributed by atoms with Gasteiger partial charge in [-0.15, -0.1) is 0 Å². The number of amides is 1. The minimum Gasteiger partial charge on any atom is -0.493 e. The molecule has 108 valence electrons. The molecule has 0 saturated heterocycles. The van der Waals surface area contributed by atoms with Crippen LogP contribution in [0.1, 0.15) is 17.9 Å². The van der Waals surface area contributed by atoms with Crippen LogP contribution < -0.4 is 10.1 Å². The molecule has 0 spiro atoms. The van der Waals surface area contributed by atoms with Crippen LogP contribution in [0.25, 0.3) is 0 Å². The zero-order valence-electron chi connectivity index (χ0n) is 11.1. The summed E-state index contributed by atoms with van der Waals surface area (Å²) in [5, 5.41) is 2.66. The van der Waals surface area contributed by atoms with Crippen LogP contribution >= 0.6 is 15.9 Å². The maximum atomic E-state index is 13.8. The summed E-state index contributed by atoms with van der Waals surface area (Å²) in [7, 11) is 0. The Morgan fingerprint density at radius 1 is 1.29 bits per heavy atom. The summed E-state index contributed by atoms with van der Waals surface area (Å²) >= 11 is 3.19. The second kappa shape index (κ2) is 5.85. The van der Waals surface area contributed by atoms with Crippen molar-refractivity contribution in [1.29, 1.82) is 0 Å². The molecular formula is C16H13BrFNO2. The van der Waals surface area contributed by atoms with Gasteiger partial charge in [0, 0.05) is 10.0 Å². The first-order valence-electron chi connectivity index (χ1n) is 6.63. The maximum Gasteiger partial charge on any atom is 0.232 e. The van der Waals surface area contributed by atoms with E-state index in [4.69, 9.17) is 4.74 Å². The second-order valence-electron chi connectivity index (χ2n) is 4.84. The highest BCUT2D eigenvalue weighted by atomic mass is 79.9. The lowest BCUT2D eigenvalue weighted by atomic mass is 9.92. The largest absolute Gasteiger partial charge is 0.493 e. The highest BCUT2D eigenvalue weighted by molar-refractivity contribution is 9.10. The van der Waals surface area contributed by atoms with E-state index in [1.54, 1.807) is 12.1 Å². The Labute approximate surface area is 130 Å². The Balaban J connectivity index is 1.83. The predicted molar refractivity (Wildman–Crippen MR) is 82.0 cm³/mol. The number of fused-ring (bicyclic) bond motifs is 1. The first-order chi connectivity index (χ1) is 10.1. The minimum absolute atomic E-state index is 0.187. The lowest BCUT2D eigenvalue weighted by molar-refractivity contribution is -0.118. The molecule has 1 N–H and O–H groups in total. The fourth-order valence-corrected chi connectivity index (χ4v) is 2.76. The monoisotopic (exact) mass is 349 g/mol. The molecule has 1 unspecified atom stereocenters. The quantitative estimate of drug-likeness (QED) is 0.886. The third-order valence-corrected chi connectivity index (χ3v) is 3.96. The van der Waals surface area contributed by atoms with E-state index in [9.17, 15) is 9.18 Å². The summed E-state index contributed by atoms with van der Waals surface area (Å²) in [4.78, 5) is 12.4. The minimum atomic E-state index is -0.460. The van der Waals surface area contributed by atoms with E-state index >= 15 is 0 Å².